The number of halogens is 3. The molecule has 2 N–H and O–H groups in total. The predicted octanol–water partition coefficient (Wildman–Crippen LogP) is 5.12. The van der Waals surface area contributed by atoms with Crippen LogP contribution < -0.4 is 15.4 Å². The lowest BCUT2D eigenvalue weighted by Gasteiger charge is -2.15. The molecule has 3 rings (SSSR count). The summed E-state index contributed by atoms with van der Waals surface area (Å²) in [5.74, 6) is 1.36. The van der Waals surface area contributed by atoms with Crippen LogP contribution in [0.3, 0.4) is 0 Å². The Morgan fingerprint density at radius 3 is 2.46 bits per heavy atom. The van der Waals surface area contributed by atoms with Crippen LogP contribution in [0.2, 0.25) is 0 Å². The molecule has 0 radical (unpaired) electrons. The number of rotatable bonds is 6. The molecule has 1 aromatic heterocycles. The van der Waals surface area contributed by atoms with Crippen molar-refractivity contribution in [1.82, 2.24) is 9.97 Å². The van der Waals surface area contributed by atoms with Crippen molar-refractivity contribution in [3.63, 3.8) is 0 Å². The van der Waals surface area contributed by atoms with E-state index in [9.17, 15) is 13.2 Å². The maximum absolute atomic E-state index is 12.3. The number of aryl methyl sites for hydroxylation is 1. The molecule has 0 aliphatic heterocycles. The van der Waals surface area contributed by atoms with Crippen LogP contribution in [0, 0.1) is 6.92 Å². The van der Waals surface area contributed by atoms with Crippen molar-refractivity contribution >= 4 is 17.5 Å². The van der Waals surface area contributed by atoms with E-state index in [1.165, 1.54) is 12.1 Å². The van der Waals surface area contributed by atoms with Gasteiger partial charge in [0.15, 0.2) is 0 Å². The van der Waals surface area contributed by atoms with E-state index in [-0.39, 0.29) is 11.8 Å². The van der Waals surface area contributed by atoms with Crippen LogP contribution in [0.1, 0.15) is 43.9 Å². The average Bonchev–Trinajstić information content (AvgIpc) is 3.32. The number of hydrogen-bond acceptors (Lipinski definition) is 5. The fourth-order valence-corrected chi connectivity index (χ4v) is 2.55. The number of alkyl halides is 3. The Labute approximate surface area is 150 Å². The van der Waals surface area contributed by atoms with Gasteiger partial charge < -0.3 is 15.4 Å². The van der Waals surface area contributed by atoms with Crippen molar-refractivity contribution in [3.8, 4) is 5.75 Å². The highest BCUT2D eigenvalue weighted by atomic mass is 19.4. The Morgan fingerprint density at radius 1 is 1.15 bits per heavy atom. The largest absolute Gasteiger partial charge is 0.573 e. The third-order valence-electron chi connectivity index (χ3n) is 3.85. The zero-order chi connectivity index (χ0) is 18.9. The molecule has 1 aliphatic rings. The van der Waals surface area contributed by atoms with Gasteiger partial charge in [0, 0.05) is 23.7 Å². The normalized spacial score (nSPS) is 14.4. The van der Waals surface area contributed by atoms with Gasteiger partial charge in [-0.1, -0.05) is 0 Å². The molecule has 1 aliphatic carbocycles. The van der Waals surface area contributed by atoms with Gasteiger partial charge in [-0.15, -0.1) is 13.2 Å². The molecule has 1 saturated carbocycles. The summed E-state index contributed by atoms with van der Waals surface area (Å²) < 4.78 is 40.9. The maximum Gasteiger partial charge on any atom is 0.573 e. The third kappa shape index (κ3) is 5.00. The van der Waals surface area contributed by atoms with E-state index in [1.54, 1.807) is 13.0 Å². The van der Waals surface area contributed by atoms with Gasteiger partial charge in [0.1, 0.15) is 11.6 Å². The summed E-state index contributed by atoms with van der Waals surface area (Å²) in [6.07, 6.45) is -2.48. The van der Waals surface area contributed by atoms with E-state index >= 15 is 0 Å². The van der Waals surface area contributed by atoms with Gasteiger partial charge >= 0.3 is 6.36 Å². The molecular weight excluding hydrogens is 345 g/mol. The van der Waals surface area contributed by atoms with Crippen molar-refractivity contribution in [3.05, 3.63) is 35.5 Å². The van der Waals surface area contributed by atoms with E-state index in [2.05, 4.69) is 25.3 Å². The van der Waals surface area contributed by atoms with Gasteiger partial charge in [-0.25, -0.2) is 4.98 Å². The van der Waals surface area contributed by atoms with Crippen LogP contribution in [0.5, 0.6) is 5.75 Å². The first-order valence-electron chi connectivity index (χ1n) is 8.48. The van der Waals surface area contributed by atoms with E-state index in [4.69, 9.17) is 0 Å². The van der Waals surface area contributed by atoms with Crippen molar-refractivity contribution in [1.29, 1.82) is 0 Å². The second-order valence-corrected chi connectivity index (χ2v) is 6.72. The minimum atomic E-state index is -4.70. The van der Waals surface area contributed by atoms with Crippen molar-refractivity contribution in [2.45, 2.75) is 51.9 Å². The summed E-state index contributed by atoms with van der Waals surface area (Å²) in [5, 5.41) is 6.37. The lowest BCUT2D eigenvalue weighted by molar-refractivity contribution is -0.274. The standard InChI is InChI=1S/C18H21F3N4O/c1-10(2)22-17-24-15(12-4-5-12)9-16(25-17)23-14-7-6-13(8-11(14)3)26-18(19,20)21/h6-10,12H,4-5H2,1-3H3,(H2,22,23,24,25). The summed E-state index contributed by atoms with van der Waals surface area (Å²) in [5.41, 5.74) is 2.26. The second kappa shape index (κ2) is 7.01. The smallest absolute Gasteiger partial charge is 0.406 e. The number of nitrogens with zero attached hydrogens (tertiary/aromatic N) is 2. The van der Waals surface area contributed by atoms with Crippen LogP contribution >= 0.6 is 0 Å². The minimum Gasteiger partial charge on any atom is -0.406 e. The Hall–Kier alpha value is -2.51. The number of aromatic nitrogens is 2. The molecule has 5 nitrogen and oxygen atoms in total. The van der Waals surface area contributed by atoms with Crippen LogP contribution in [0.4, 0.5) is 30.6 Å². The zero-order valence-electron chi connectivity index (χ0n) is 14.8. The fraction of sp³-hybridized carbons (Fsp3) is 0.444. The molecule has 0 unspecified atom stereocenters. The van der Waals surface area contributed by atoms with E-state index in [1.807, 2.05) is 19.9 Å². The Balaban J connectivity index is 1.82. The fourth-order valence-electron chi connectivity index (χ4n) is 2.55. The van der Waals surface area contributed by atoms with Gasteiger partial charge in [0.2, 0.25) is 5.95 Å². The zero-order valence-corrected chi connectivity index (χ0v) is 14.8. The monoisotopic (exact) mass is 366 g/mol. The SMILES string of the molecule is Cc1cc(OC(F)(F)F)ccc1Nc1cc(C2CC2)nc(NC(C)C)n1. The van der Waals surface area contributed by atoms with Gasteiger partial charge in [0.05, 0.1) is 5.69 Å². The highest BCUT2D eigenvalue weighted by molar-refractivity contribution is 5.63. The van der Waals surface area contributed by atoms with Crippen molar-refractivity contribution < 1.29 is 17.9 Å². The van der Waals surface area contributed by atoms with Gasteiger partial charge in [-0.2, -0.15) is 4.98 Å². The summed E-state index contributed by atoms with van der Waals surface area (Å²) >= 11 is 0. The van der Waals surface area contributed by atoms with Gasteiger partial charge in [0.25, 0.3) is 0 Å². The Bertz CT molecular complexity index is 788. The molecule has 2 aromatic rings. The molecule has 26 heavy (non-hydrogen) atoms. The van der Waals surface area contributed by atoms with Crippen LogP contribution in [-0.4, -0.2) is 22.4 Å². The van der Waals surface area contributed by atoms with E-state index in [0.717, 1.165) is 18.5 Å². The number of hydrogen-bond donors (Lipinski definition) is 2. The molecule has 0 bridgehead atoms. The average molecular weight is 366 g/mol. The molecule has 0 saturated heterocycles. The number of ether oxygens (including phenoxy) is 1. The predicted molar refractivity (Wildman–Crippen MR) is 93.9 cm³/mol. The highest BCUT2D eigenvalue weighted by Gasteiger charge is 2.31. The molecule has 1 fully saturated rings. The summed E-state index contributed by atoms with van der Waals surface area (Å²) in [6.45, 7) is 5.72. The van der Waals surface area contributed by atoms with Crippen LogP contribution in [0.25, 0.3) is 0 Å². The molecule has 1 aromatic carbocycles. The van der Waals surface area contributed by atoms with Gasteiger partial charge in [-0.3, -0.25) is 0 Å². The van der Waals surface area contributed by atoms with Crippen LogP contribution in [-0.2, 0) is 0 Å². The number of benzene rings is 1. The molecule has 1 heterocycles. The lowest BCUT2D eigenvalue weighted by Crippen LogP contribution is -2.17. The first-order valence-corrected chi connectivity index (χ1v) is 8.48. The quantitative estimate of drug-likeness (QED) is 0.743. The van der Waals surface area contributed by atoms with Crippen molar-refractivity contribution in [2.24, 2.45) is 0 Å². The lowest BCUT2D eigenvalue weighted by atomic mass is 10.2. The first kappa shape index (κ1) is 18.3. The maximum atomic E-state index is 12.3. The molecule has 140 valence electrons. The molecule has 0 amide bonds. The summed E-state index contributed by atoms with van der Waals surface area (Å²) in [6, 6.07) is 6.25. The first-order chi connectivity index (χ1) is 12.2. The highest BCUT2D eigenvalue weighted by Crippen LogP contribution is 2.40. The number of anilines is 3. The topological polar surface area (TPSA) is 59.1 Å². The molecule has 0 spiro atoms. The summed E-state index contributed by atoms with van der Waals surface area (Å²) in [7, 11) is 0. The van der Waals surface area contributed by atoms with E-state index < -0.39 is 6.36 Å². The van der Waals surface area contributed by atoms with Crippen molar-refractivity contribution in [2.75, 3.05) is 10.6 Å². The summed E-state index contributed by atoms with van der Waals surface area (Å²) in [4.78, 5) is 9.00. The van der Waals surface area contributed by atoms with Gasteiger partial charge in [-0.05, 0) is 57.4 Å². The second-order valence-electron chi connectivity index (χ2n) is 6.72. The number of nitrogens with one attached hydrogen (secondary N) is 2. The Kier molecular flexibility index (Phi) is 4.93. The third-order valence-corrected chi connectivity index (χ3v) is 3.85. The van der Waals surface area contributed by atoms with Crippen LogP contribution in [0.15, 0.2) is 24.3 Å². The molecule has 8 heteroatoms. The minimum absolute atomic E-state index is 0.192. The van der Waals surface area contributed by atoms with E-state index in [0.29, 0.717) is 28.9 Å². The Morgan fingerprint density at radius 2 is 1.88 bits per heavy atom. The molecule has 0 atom stereocenters. The molecular formula is C18H21F3N4O.